The van der Waals surface area contributed by atoms with Crippen molar-refractivity contribution in [2.45, 2.75) is 19.5 Å². The minimum Gasteiger partial charge on any atom is -0.350 e. The van der Waals surface area contributed by atoms with E-state index in [1.54, 1.807) is 0 Å². The molecule has 4 nitrogen and oxygen atoms in total. The molecular formula is C23H21ClN4. The molecule has 0 aliphatic carbocycles. The van der Waals surface area contributed by atoms with Crippen LogP contribution in [0, 0.1) is 0 Å². The van der Waals surface area contributed by atoms with Gasteiger partial charge in [0.25, 0.3) is 0 Å². The average molecular weight is 389 g/mol. The number of benzene rings is 2. The summed E-state index contributed by atoms with van der Waals surface area (Å²) in [4.78, 5) is 11.9. The fraction of sp³-hybridized carbons (Fsp3) is 0.217. The van der Waals surface area contributed by atoms with Crippen LogP contribution in [-0.4, -0.2) is 26.0 Å². The van der Waals surface area contributed by atoms with E-state index in [-0.39, 0.29) is 0 Å². The second-order valence-electron chi connectivity index (χ2n) is 7.42. The summed E-state index contributed by atoms with van der Waals surface area (Å²) in [5.74, 6) is 0.776. The number of nitrogens with zero attached hydrogens (tertiary/aromatic N) is 4. The molecule has 1 aliphatic rings. The van der Waals surface area contributed by atoms with Crippen molar-refractivity contribution in [3.8, 4) is 11.4 Å². The van der Waals surface area contributed by atoms with E-state index < -0.39 is 0 Å². The van der Waals surface area contributed by atoms with Crippen molar-refractivity contribution in [2.75, 3.05) is 6.54 Å². The van der Waals surface area contributed by atoms with Crippen LogP contribution in [0.25, 0.3) is 22.3 Å². The number of aromatic nitrogens is 3. The lowest BCUT2D eigenvalue weighted by Crippen LogP contribution is -2.30. The maximum absolute atomic E-state index is 5.99. The van der Waals surface area contributed by atoms with E-state index in [1.807, 2.05) is 30.5 Å². The predicted octanol–water partition coefficient (Wildman–Crippen LogP) is 4.85. The maximum Gasteiger partial charge on any atom is 0.159 e. The van der Waals surface area contributed by atoms with Crippen LogP contribution < -0.4 is 0 Å². The predicted molar refractivity (Wildman–Crippen MR) is 113 cm³/mol. The van der Waals surface area contributed by atoms with Gasteiger partial charge in [-0.05, 0) is 35.9 Å². The molecule has 0 saturated heterocycles. The molecule has 3 heterocycles. The van der Waals surface area contributed by atoms with E-state index in [0.29, 0.717) is 0 Å². The quantitative estimate of drug-likeness (QED) is 0.503. The summed E-state index contributed by atoms with van der Waals surface area (Å²) in [6.45, 7) is 2.84. The Morgan fingerprint density at radius 2 is 1.89 bits per heavy atom. The van der Waals surface area contributed by atoms with Gasteiger partial charge in [-0.1, -0.05) is 29.8 Å². The molecular weight excluding hydrogens is 368 g/mol. The first-order chi connectivity index (χ1) is 13.7. The van der Waals surface area contributed by atoms with Crippen LogP contribution in [-0.2, 0) is 26.6 Å². The minimum absolute atomic E-state index is 0.728. The van der Waals surface area contributed by atoms with E-state index in [0.717, 1.165) is 48.2 Å². The van der Waals surface area contributed by atoms with Gasteiger partial charge in [0, 0.05) is 72.5 Å². The summed E-state index contributed by atoms with van der Waals surface area (Å²) >= 11 is 5.99. The number of rotatable bonds is 3. The molecule has 0 spiro atoms. The van der Waals surface area contributed by atoms with Gasteiger partial charge >= 0.3 is 0 Å². The fourth-order valence-corrected chi connectivity index (χ4v) is 4.17. The first kappa shape index (κ1) is 17.4. The third kappa shape index (κ3) is 3.19. The van der Waals surface area contributed by atoms with Gasteiger partial charge in [0.05, 0.1) is 5.69 Å². The Labute approximate surface area is 169 Å². The second kappa shape index (κ2) is 7.04. The van der Waals surface area contributed by atoms with Crippen molar-refractivity contribution < 1.29 is 0 Å². The Balaban J connectivity index is 1.37. The van der Waals surface area contributed by atoms with Crippen molar-refractivity contribution in [2.24, 2.45) is 7.05 Å². The van der Waals surface area contributed by atoms with Gasteiger partial charge < -0.3 is 4.57 Å². The van der Waals surface area contributed by atoms with Crippen LogP contribution in [0.4, 0.5) is 0 Å². The van der Waals surface area contributed by atoms with Crippen LogP contribution in [0.1, 0.15) is 16.8 Å². The van der Waals surface area contributed by atoms with Crippen molar-refractivity contribution in [1.29, 1.82) is 0 Å². The average Bonchev–Trinajstić information content (AvgIpc) is 3.04. The SMILES string of the molecule is Cn1cc(CN2CCc3nc(-c4ccc(Cl)cc4)ncc3C2)c2ccccc21. The van der Waals surface area contributed by atoms with Crippen molar-refractivity contribution >= 4 is 22.5 Å². The topological polar surface area (TPSA) is 34.0 Å². The second-order valence-corrected chi connectivity index (χ2v) is 7.85. The molecule has 5 heteroatoms. The minimum atomic E-state index is 0.728. The number of hydrogen-bond donors (Lipinski definition) is 0. The maximum atomic E-state index is 5.99. The van der Waals surface area contributed by atoms with Crippen molar-refractivity contribution in [1.82, 2.24) is 19.4 Å². The Bertz CT molecular complexity index is 1150. The molecule has 2 aromatic heterocycles. The Morgan fingerprint density at radius 3 is 2.75 bits per heavy atom. The molecule has 0 fully saturated rings. The Morgan fingerprint density at radius 1 is 1.07 bits per heavy atom. The highest BCUT2D eigenvalue weighted by Crippen LogP contribution is 2.26. The van der Waals surface area contributed by atoms with Crippen LogP contribution in [0.15, 0.2) is 60.9 Å². The normalized spacial score (nSPS) is 14.4. The molecule has 0 N–H and O–H groups in total. The van der Waals surface area contributed by atoms with Crippen molar-refractivity contribution in [3.05, 3.63) is 82.8 Å². The summed E-state index contributed by atoms with van der Waals surface area (Å²) in [6.07, 6.45) is 5.19. The highest BCUT2D eigenvalue weighted by atomic mass is 35.5. The van der Waals surface area contributed by atoms with Gasteiger partial charge in [-0.3, -0.25) is 4.90 Å². The van der Waals surface area contributed by atoms with E-state index in [1.165, 1.54) is 22.0 Å². The Hall–Kier alpha value is -2.69. The van der Waals surface area contributed by atoms with Crippen LogP contribution in [0.3, 0.4) is 0 Å². The molecule has 0 saturated carbocycles. The lowest BCUT2D eigenvalue weighted by atomic mass is 10.1. The number of aryl methyl sites for hydroxylation is 1. The summed E-state index contributed by atoms with van der Waals surface area (Å²) in [5, 5.41) is 2.07. The lowest BCUT2D eigenvalue weighted by Gasteiger charge is -2.28. The highest BCUT2D eigenvalue weighted by Gasteiger charge is 2.20. The smallest absolute Gasteiger partial charge is 0.159 e. The molecule has 28 heavy (non-hydrogen) atoms. The largest absolute Gasteiger partial charge is 0.350 e. The van der Waals surface area contributed by atoms with Gasteiger partial charge in [-0.25, -0.2) is 9.97 Å². The number of hydrogen-bond acceptors (Lipinski definition) is 3. The molecule has 0 radical (unpaired) electrons. The van der Waals surface area contributed by atoms with E-state index >= 15 is 0 Å². The van der Waals surface area contributed by atoms with E-state index in [9.17, 15) is 0 Å². The zero-order valence-electron chi connectivity index (χ0n) is 15.8. The Kier molecular flexibility index (Phi) is 4.38. The van der Waals surface area contributed by atoms with Gasteiger partial charge in [0.15, 0.2) is 5.82 Å². The third-order valence-electron chi connectivity index (χ3n) is 5.49. The molecule has 0 atom stereocenters. The standard InChI is InChI=1S/C23H21ClN4/c1-27-13-18(20-4-2-3-5-22(20)27)15-28-11-10-21-17(14-28)12-25-23(26-21)16-6-8-19(24)9-7-16/h2-9,12-13H,10-11,14-15H2,1H3. The summed E-state index contributed by atoms with van der Waals surface area (Å²) in [5.41, 5.74) is 6.05. The van der Waals surface area contributed by atoms with E-state index in [2.05, 4.69) is 52.0 Å². The van der Waals surface area contributed by atoms with Crippen molar-refractivity contribution in [3.63, 3.8) is 0 Å². The van der Waals surface area contributed by atoms with Gasteiger partial charge in [0.1, 0.15) is 0 Å². The summed E-state index contributed by atoms with van der Waals surface area (Å²) < 4.78 is 2.21. The monoisotopic (exact) mass is 388 g/mol. The molecule has 5 rings (SSSR count). The zero-order valence-corrected chi connectivity index (χ0v) is 16.5. The van der Waals surface area contributed by atoms with Gasteiger partial charge in [0.2, 0.25) is 0 Å². The molecule has 1 aliphatic heterocycles. The van der Waals surface area contributed by atoms with Crippen LogP contribution in [0.5, 0.6) is 0 Å². The number of para-hydroxylation sites is 1. The fourth-order valence-electron chi connectivity index (χ4n) is 4.04. The first-order valence-corrected chi connectivity index (χ1v) is 9.91. The molecule has 140 valence electrons. The zero-order chi connectivity index (χ0) is 19.1. The van der Waals surface area contributed by atoms with Crippen LogP contribution in [0.2, 0.25) is 5.02 Å². The summed E-state index contributed by atoms with van der Waals surface area (Å²) in [7, 11) is 2.11. The summed E-state index contributed by atoms with van der Waals surface area (Å²) in [6, 6.07) is 16.3. The van der Waals surface area contributed by atoms with Crippen LogP contribution >= 0.6 is 11.6 Å². The molecule has 4 aromatic rings. The molecule has 0 bridgehead atoms. The molecule has 0 amide bonds. The highest BCUT2D eigenvalue weighted by molar-refractivity contribution is 6.30. The molecule has 2 aromatic carbocycles. The van der Waals surface area contributed by atoms with Gasteiger partial charge in [-0.2, -0.15) is 0 Å². The number of halogens is 1. The first-order valence-electron chi connectivity index (χ1n) is 9.53. The number of fused-ring (bicyclic) bond motifs is 2. The lowest BCUT2D eigenvalue weighted by molar-refractivity contribution is 0.243. The van der Waals surface area contributed by atoms with E-state index in [4.69, 9.17) is 16.6 Å². The van der Waals surface area contributed by atoms with Gasteiger partial charge in [-0.15, -0.1) is 0 Å². The molecule has 0 unspecified atom stereocenters. The third-order valence-corrected chi connectivity index (χ3v) is 5.74.